The molecule has 3 rings (SSSR count). The van der Waals surface area contributed by atoms with Crippen LogP contribution in [-0.4, -0.2) is 33.8 Å². The van der Waals surface area contributed by atoms with Gasteiger partial charge in [-0.05, 0) is 37.4 Å². The Morgan fingerprint density at radius 1 is 1.25 bits per heavy atom. The summed E-state index contributed by atoms with van der Waals surface area (Å²) in [5.74, 6) is 0.306. The lowest BCUT2D eigenvalue weighted by molar-refractivity contribution is -0.119. The summed E-state index contributed by atoms with van der Waals surface area (Å²) in [7, 11) is 0. The number of thiophene rings is 1. The van der Waals surface area contributed by atoms with Crippen molar-refractivity contribution in [3.8, 4) is 10.7 Å². The van der Waals surface area contributed by atoms with Gasteiger partial charge in [0.05, 0.1) is 16.2 Å². The summed E-state index contributed by atoms with van der Waals surface area (Å²) in [5, 5.41) is 8.62. The minimum Gasteiger partial charge on any atom is -0.452 e. The molecule has 3 aromatic rings. The van der Waals surface area contributed by atoms with Crippen LogP contribution in [0.1, 0.15) is 30.1 Å². The van der Waals surface area contributed by atoms with E-state index in [2.05, 4.69) is 15.5 Å². The summed E-state index contributed by atoms with van der Waals surface area (Å²) in [5.41, 5.74) is 0.392. The molecule has 2 heterocycles. The SMILES string of the molecule is CC(C)NC(=O)CSc1ccccc1C(=O)OCc1nc(-c2cccs2)no1. The lowest BCUT2D eigenvalue weighted by atomic mass is 10.2. The van der Waals surface area contributed by atoms with E-state index in [1.54, 1.807) is 18.2 Å². The Balaban J connectivity index is 1.59. The van der Waals surface area contributed by atoms with Gasteiger partial charge in [-0.25, -0.2) is 4.79 Å². The van der Waals surface area contributed by atoms with Crippen LogP contribution in [0.2, 0.25) is 0 Å². The first kappa shape index (κ1) is 20.1. The quantitative estimate of drug-likeness (QED) is 0.440. The molecule has 7 nitrogen and oxygen atoms in total. The van der Waals surface area contributed by atoms with Crippen LogP contribution in [0.5, 0.6) is 0 Å². The molecule has 0 spiro atoms. The van der Waals surface area contributed by atoms with Gasteiger partial charge >= 0.3 is 5.97 Å². The first-order chi connectivity index (χ1) is 13.5. The van der Waals surface area contributed by atoms with Crippen LogP contribution in [0.15, 0.2) is 51.2 Å². The van der Waals surface area contributed by atoms with Gasteiger partial charge in [0.25, 0.3) is 5.89 Å². The average Bonchev–Trinajstić information content (AvgIpc) is 3.35. The zero-order valence-corrected chi connectivity index (χ0v) is 17.0. The van der Waals surface area contributed by atoms with Gasteiger partial charge in [0.1, 0.15) is 0 Å². The van der Waals surface area contributed by atoms with E-state index in [0.29, 0.717) is 16.3 Å². The second-order valence-electron chi connectivity index (χ2n) is 6.07. The second kappa shape index (κ2) is 9.52. The fraction of sp³-hybridized carbons (Fsp3) is 0.263. The van der Waals surface area contributed by atoms with Crippen LogP contribution >= 0.6 is 23.1 Å². The minimum atomic E-state index is -0.511. The maximum absolute atomic E-state index is 12.5. The molecule has 0 radical (unpaired) electrons. The summed E-state index contributed by atoms with van der Waals surface area (Å²) in [6.07, 6.45) is 0. The Morgan fingerprint density at radius 3 is 2.82 bits per heavy atom. The molecule has 0 atom stereocenters. The Morgan fingerprint density at radius 2 is 2.07 bits per heavy atom. The van der Waals surface area contributed by atoms with Crippen LogP contribution in [0.25, 0.3) is 10.7 Å². The molecule has 0 aliphatic rings. The molecule has 0 aliphatic carbocycles. The lowest BCUT2D eigenvalue weighted by Crippen LogP contribution is -2.31. The monoisotopic (exact) mass is 417 g/mol. The third kappa shape index (κ3) is 5.43. The number of ether oxygens (including phenoxy) is 1. The highest BCUT2D eigenvalue weighted by atomic mass is 32.2. The van der Waals surface area contributed by atoms with Gasteiger partial charge in [0, 0.05) is 10.9 Å². The molecule has 1 N–H and O–H groups in total. The average molecular weight is 418 g/mol. The lowest BCUT2D eigenvalue weighted by Gasteiger charge is -2.10. The third-order valence-corrected chi connectivity index (χ3v) is 5.39. The number of carbonyl (C=O) groups is 2. The number of hydrogen-bond acceptors (Lipinski definition) is 8. The van der Waals surface area contributed by atoms with E-state index in [1.807, 2.05) is 37.4 Å². The fourth-order valence-corrected chi connectivity index (χ4v) is 3.79. The smallest absolute Gasteiger partial charge is 0.339 e. The van der Waals surface area contributed by atoms with Crippen molar-refractivity contribution in [3.05, 3.63) is 53.2 Å². The summed E-state index contributed by atoms with van der Waals surface area (Å²) in [6.45, 7) is 3.68. The van der Waals surface area contributed by atoms with Gasteiger partial charge in [-0.15, -0.1) is 23.1 Å². The highest BCUT2D eigenvalue weighted by Gasteiger charge is 2.16. The first-order valence-corrected chi connectivity index (χ1v) is 10.4. The van der Waals surface area contributed by atoms with Crippen LogP contribution in [0.3, 0.4) is 0 Å². The number of carbonyl (C=O) groups excluding carboxylic acids is 2. The highest BCUT2D eigenvalue weighted by Crippen LogP contribution is 2.24. The largest absolute Gasteiger partial charge is 0.452 e. The normalized spacial score (nSPS) is 10.8. The zero-order valence-electron chi connectivity index (χ0n) is 15.4. The van der Waals surface area contributed by atoms with E-state index in [0.717, 1.165) is 4.88 Å². The standard InChI is InChI=1S/C19H19N3O4S2/c1-12(2)20-16(23)11-28-14-7-4-3-6-13(14)19(24)25-10-17-21-18(22-26-17)15-8-5-9-27-15/h3-9,12H,10-11H2,1-2H3,(H,20,23). The number of esters is 1. The van der Waals surface area contributed by atoms with Gasteiger partial charge in [-0.3, -0.25) is 4.79 Å². The maximum atomic E-state index is 12.5. The van der Waals surface area contributed by atoms with Crippen LogP contribution in [0.4, 0.5) is 0 Å². The number of rotatable bonds is 8. The van der Waals surface area contributed by atoms with Crippen molar-refractivity contribution < 1.29 is 18.8 Å². The van der Waals surface area contributed by atoms with Gasteiger partial charge in [-0.2, -0.15) is 4.98 Å². The third-order valence-electron chi connectivity index (χ3n) is 3.45. The van der Waals surface area contributed by atoms with E-state index in [9.17, 15) is 9.59 Å². The van der Waals surface area contributed by atoms with Crippen LogP contribution < -0.4 is 5.32 Å². The van der Waals surface area contributed by atoms with Gasteiger partial charge in [0.2, 0.25) is 11.7 Å². The van der Waals surface area contributed by atoms with Crippen molar-refractivity contribution in [1.82, 2.24) is 15.5 Å². The molecule has 28 heavy (non-hydrogen) atoms. The second-order valence-corrected chi connectivity index (χ2v) is 8.04. The van der Waals surface area contributed by atoms with Crippen molar-refractivity contribution in [2.24, 2.45) is 0 Å². The summed E-state index contributed by atoms with van der Waals surface area (Å²) >= 11 is 2.78. The molecule has 0 aliphatic heterocycles. The van der Waals surface area contributed by atoms with Crippen molar-refractivity contribution in [2.45, 2.75) is 31.4 Å². The van der Waals surface area contributed by atoms with Gasteiger partial charge in [0.15, 0.2) is 6.61 Å². The van der Waals surface area contributed by atoms with Crippen LogP contribution in [-0.2, 0) is 16.1 Å². The number of hydrogen-bond donors (Lipinski definition) is 1. The summed E-state index contributed by atoms with van der Waals surface area (Å²) in [6, 6.07) is 10.9. The fourth-order valence-electron chi connectivity index (χ4n) is 2.29. The Hall–Kier alpha value is -2.65. The van der Waals surface area contributed by atoms with E-state index >= 15 is 0 Å². The number of thioether (sulfide) groups is 1. The Kier molecular flexibility index (Phi) is 6.83. The molecular weight excluding hydrogens is 398 g/mol. The van der Waals surface area contributed by atoms with E-state index in [1.165, 1.54) is 23.1 Å². The Bertz CT molecular complexity index is 938. The van der Waals surface area contributed by atoms with Gasteiger partial charge in [-0.1, -0.05) is 23.4 Å². The molecule has 0 fully saturated rings. The molecule has 1 amide bonds. The molecule has 0 saturated carbocycles. The number of nitrogens with zero attached hydrogens (tertiary/aromatic N) is 2. The van der Waals surface area contributed by atoms with Gasteiger partial charge < -0.3 is 14.6 Å². The number of benzene rings is 1. The number of nitrogens with one attached hydrogen (secondary N) is 1. The first-order valence-electron chi connectivity index (χ1n) is 8.57. The van der Waals surface area contributed by atoms with Crippen molar-refractivity contribution in [3.63, 3.8) is 0 Å². The molecule has 0 unspecified atom stereocenters. The highest BCUT2D eigenvalue weighted by molar-refractivity contribution is 8.00. The predicted octanol–water partition coefficient (Wildman–Crippen LogP) is 3.77. The molecule has 146 valence electrons. The molecule has 0 saturated heterocycles. The van der Waals surface area contributed by atoms with E-state index in [4.69, 9.17) is 9.26 Å². The summed E-state index contributed by atoms with van der Waals surface area (Å²) < 4.78 is 10.4. The Labute approximate surface area is 170 Å². The number of amides is 1. The molecule has 1 aromatic carbocycles. The maximum Gasteiger partial charge on any atom is 0.339 e. The minimum absolute atomic E-state index is 0.0711. The molecule has 2 aromatic heterocycles. The molecule has 9 heteroatoms. The van der Waals surface area contributed by atoms with Crippen molar-refractivity contribution in [2.75, 3.05) is 5.75 Å². The van der Waals surface area contributed by atoms with Crippen molar-refractivity contribution >= 4 is 35.0 Å². The molecular formula is C19H19N3O4S2. The number of aromatic nitrogens is 2. The molecule has 0 bridgehead atoms. The summed E-state index contributed by atoms with van der Waals surface area (Å²) in [4.78, 5) is 30.1. The van der Waals surface area contributed by atoms with Crippen LogP contribution in [0, 0.1) is 0 Å². The topological polar surface area (TPSA) is 94.3 Å². The van der Waals surface area contributed by atoms with E-state index in [-0.39, 0.29) is 30.2 Å². The predicted molar refractivity (Wildman–Crippen MR) is 107 cm³/mol. The zero-order chi connectivity index (χ0) is 19.9. The van der Waals surface area contributed by atoms with E-state index < -0.39 is 5.97 Å². The van der Waals surface area contributed by atoms with Crippen molar-refractivity contribution in [1.29, 1.82) is 0 Å².